The molecule has 3 nitrogen and oxygen atoms in total. The number of hydrogen-bond acceptors (Lipinski definition) is 3. The van der Waals surface area contributed by atoms with Gasteiger partial charge in [-0.3, -0.25) is 0 Å². The van der Waals surface area contributed by atoms with Crippen LogP contribution in [0.25, 0.3) is 0 Å². The summed E-state index contributed by atoms with van der Waals surface area (Å²) in [5.41, 5.74) is 0.666. The SMILES string of the molecule is CC.COC(C)(C)c1ncc(C)cn1. The molecule has 1 heterocycles. The zero-order chi connectivity index (χ0) is 11.2. The Morgan fingerprint density at radius 1 is 1.14 bits per heavy atom. The number of ether oxygens (including phenoxy) is 1. The molecular weight excluding hydrogens is 176 g/mol. The molecule has 0 unspecified atom stereocenters. The lowest BCUT2D eigenvalue weighted by Crippen LogP contribution is -2.22. The van der Waals surface area contributed by atoms with Gasteiger partial charge in [0, 0.05) is 19.5 Å². The van der Waals surface area contributed by atoms with E-state index >= 15 is 0 Å². The number of rotatable bonds is 2. The van der Waals surface area contributed by atoms with E-state index in [1.807, 2.05) is 34.6 Å². The molecule has 1 rings (SSSR count). The minimum absolute atomic E-state index is 0.395. The quantitative estimate of drug-likeness (QED) is 0.729. The molecule has 0 aliphatic heterocycles. The molecule has 0 aliphatic rings. The summed E-state index contributed by atoms with van der Waals surface area (Å²) in [5, 5.41) is 0. The van der Waals surface area contributed by atoms with Gasteiger partial charge in [-0.25, -0.2) is 9.97 Å². The van der Waals surface area contributed by atoms with E-state index in [9.17, 15) is 0 Å². The van der Waals surface area contributed by atoms with E-state index in [1.54, 1.807) is 19.5 Å². The van der Waals surface area contributed by atoms with Crippen LogP contribution in [0.15, 0.2) is 12.4 Å². The molecule has 1 aromatic heterocycles. The average Bonchev–Trinajstić information content (AvgIpc) is 2.21. The molecule has 1 aromatic rings. The van der Waals surface area contributed by atoms with Crippen molar-refractivity contribution in [3.63, 3.8) is 0 Å². The van der Waals surface area contributed by atoms with Crippen LogP contribution in [0, 0.1) is 6.92 Å². The van der Waals surface area contributed by atoms with E-state index < -0.39 is 5.60 Å². The summed E-state index contributed by atoms with van der Waals surface area (Å²) >= 11 is 0. The van der Waals surface area contributed by atoms with Crippen molar-refractivity contribution in [3.05, 3.63) is 23.8 Å². The van der Waals surface area contributed by atoms with Crippen molar-refractivity contribution in [2.75, 3.05) is 7.11 Å². The van der Waals surface area contributed by atoms with Crippen molar-refractivity contribution >= 4 is 0 Å². The Bertz CT molecular complexity index is 254. The highest BCUT2D eigenvalue weighted by Gasteiger charge is 2.22. The highest BCUT2D eigenvalue weighted by Crippen LogP contribution is 2.18. The fraction of sp³-hybridized carbons (Fsp3) is 0.636. The Morgan fingerprint density at radius 2 is 1.57 bits per heavy atom. The van der Waals surface area contributed by atoms with Crippen LogP contribution in [0.5, 0.6) is 0 Å². The first-order valence-electron chi connectivity index (χ1n) is 4.90. The Kier molecular flexibility index (Phi) is 5.31. The summed E-state index contributed by atoms with van der Waals surface area (Å²) in [5.74, 6) is 0.718. The third-order valence-corrected chi connectivity index (χ3v) is 1.83. The maximum Gasteiger partial charge on any atom is 0.159 e. The molecular formula is C11H20N2O. The second kappa shape index (κ2) is 5.70. The summed E-state index contributed by atoms with van der Waals surface area (Å²) < 4.78 is 5.24. The molecule has 0 radical (unpaired) electrons. The van der Waals surface area contributed by atoms with Gasteiger partial charge in [0.05, 0.1) is 0 Å². The van der Waals surface area contributed by atoms with Gasteiger partial charge in [-0.15, -0.1) is 0 Å². The maximum atomic E-state index is 5.24. The summed E-state index contributed by atoms with van der Waals surface area (Å²) in [6, 6.07) is 0. The van der Waals surface area contributed by atoms with Crippen molar-refractivity contribution in [1.29, 1.82) is 0 Å². The Hall–Kier alpha value is -0.960. The zero-order valence-electron chi connectivity index (χ0n) is 9.96. The van der Waals surface area contributed by atoms with Gasteiger partial charge >= 0.3 is 0 Å². The van der Waals surface area contributed by atoms with Crippen LogP contribution in [0.3, 0.4) is 0 Å². The molecule has 0 bridgehead atoms. The molecule has 0 saturated carbocycles. The van der Waals surface area contributed by atoms with Crippen LogP contribution >= 0.6 is 0 Å². The second-order valence-electron chi connectivity index (χ2n) is 3.30. The summed E-state index contributed by atoms with van der Waals surface area (Å²) in [6.45, 7) is 9.85. The first-order valence-corrected chi connectivity index (χ1v) is 4.90. The largest absolute Gasteiger partial charge is 0.371 e. The van der Waals surface area contributed by atoms with E-state index in [0.29, 0.717) is 0 Å². The number of aromatic nitrogens is 2. The molecule has 0 saturated heterocycles. The van der Waals surface area contributed by atoms with Gasteiger partial charge in [0.25, 0.3) is 0 Å². The first kappa shape index (κ1) is 13.0. The van der Waals surface area contributed by atoms with E-state index in [2.05, 4.69) is 9.97 Å². The third-order valence-electron chi connectivity index (χ3n) is 1.83. The van der Waals surface area contributed by atoms with Crippen LogP contribution in [0.4, 0.5) is 0 Å². The normalized spacial score (nSPS) is 10.4. The zero-order valence-corrected chi connectivity index (χ0v) is 9.96. The minimum Gasteiger partial charge on any atom is -0.371 e. The predicted molar refractivity (Wildman–Crippen MR) is 58.2 cm³/mol. The Morgan fingerprint density at radius 3 is 1.93 bits per heavy atom. The highest BCUT2D eigenvalue weighted by atomic mass is 16.5. The van der Waals surface area contributed by atoms with E-state index in [-0.39, 0.29) is 0 Å². The lowest BCUT2D eigenvalue weighted by molar-refractivity contribution is 0.0114. The summed E-state index contributed by atoms with van der Waals surface area (Å²) in [7, 11) is 1.66. The predicted octanol–water partition coefficient (Wildman–Crippen LogP) is 2.69. The van der Waals surface area contributed by atoms with Crippen molar-refractivity contribution in [2.45, 2.75) is 40.2 Å². The van der Waals surface area contributed by atoms with Crippen molar-refractivity contribution in [2.24, 2.45) is 0 Å². The van der Waals surface area contributed by atoms with Crippen LogP contribution in [-0.2, 0) is 10.3 Å². The van der Waals surface area contributed by atoms with Crippen molar-refractivity contribution in [3.8, 4) is 0 Å². The van der Waals surface area contributed by atoms with Gasteiger partial charge in [0.15, 0.2) is 5.82 Å². The molecule has 0 atom stereocenters. The average molecular weight is 196 g/mol. The monoisotopic (exact) mass is 196 g/mol. The molecule has 0 aromatic carbocycles. The molecule has 3 heteroatoms. The molecule has 80 valence electrons. The van der Waals surface area contributed by atoms with Gasteiger partial charge in [-0.1, -0.05) is 13.8 Å². The first-order chi connectivity index (χ1) is 6.56. The minimum atomic E-state index is -0.395. The Balaban J connectivity index is 0.000000791. The molecule has 0 aliphatic carbocycles. The molecule has 0 amide bonds. The van der Waals surface area contributed by atoms with Crippen LogP contribution < -0.4 is 0 Å². The second-order valence-corrected chi connectivity index (χ2v) is 3.30. The van der Waals surface area contributed by atoms with Gasteiger partial charge < -0.3 is 4.74 Å². The number of hydrogen-bond donors (Lipinski definition) is 0. The summed E-state index contributed by atoms with van der Waals surface area (Å²) in [4.78, 5) is 8.37. The summed E-state index contributed by atoms with van der Waals surface area (Å²) in [6.07, 6.45) is 3.59. The van der Waals surface area contributed by atoms with Gasteiger partial charge in [0.2, 0.25) is 0 Å². The standard InChI is InChI=1S/C9H14N2O.C2H6/c1-7-5-10-8(11-6-7)9(2,3)12-4;1-2/h5-6H,1-4H3;1-2H3. The lowest BCUT2D eigenvalue weighted by atomic mass is 10.1. The highest BCUT2D eigenvalue weighted by molar-refractivity contribution is 5.05. The van der Waals surface area contributed by atoms with Crippen LogP contribution in [0.1, 0.15) is 39.1 Å². The van der Waals surface area contributed by atoms with E-state index in [4.69, 9.17) is 4.74 Å². The van der Waals surface area contributed by atoms with Crippen LogP contribution in [0.2, 0.25) is 0 Å². The number of methoxy groups -OCH3 is 1. The van der Waals surface area contributed by atoms with Crippen molar-refractivity contribution < 1.29 is 4.74 Å². The fourth-order valence-electron chi connectivity index (χ4n) is 0.795. The number of nitrogens with zero attached hydrogens (tertiary/aromatic N) is 2. The van der Waals surface area contributed by atoms with E-state index in [0.717, 1.165) is 11.4 Å². The maximum absolute atomic E-state index is 5.24. The van der Waals surface area contributed by atoms with Gasteiger partial charge in [-0.05, 0) is 26.3 Å². The lowest BCUT2D eigenvalue weighted by Gasteiger charge is -2.20. The molecule has 0 spiro atoms. The van der Waals surface area contributed by atoms with Gasteiger partial charge in [0.1, 0.15) is 5.60 Å². The molecule has 0 fully saturated rings. The molecule has 14 heavy (non-hydrogen) atoms. The topological polar surface area (TPSA) is 35.0 Å². The molecule has 0 N–H and O–H groups in total. The third kappa shape index (κ3) is 3.42. The van der Waals surface area contributed by atoms with Crippen molar-refractivity contribution in [1.82, 2.24) is 9.97 Å². The fourth-order valence-corrected chi connectivity index (χ4v) is 0.795. The van der Waals surface area contributed by atoms with Crippen LogP contribution in [-0.4, -0.2) is 17.1 Å². The number of aryl methyl sites for hydroxylation is 1. The Labute approximate surface area is 86.5 Å². The van der Waals surface area contributed by atoms with E-state index in [1.165, 1.54) is 0 Å². The van der Waals surface area contributed by atoms with Gasteiger partial charge in [-0.2, -0.15) is 0 Å². The smallest absolute Gasteiger partial charge is 0.159 e.